The highest BCUT2D eigenvalue weighted by Gasteiger charge is 2.20. The largest absolute Gasteiger partial charge is 0.347 e. The average molecular weight is 275 g/mol. The molecule has 0 saturated heterocycles. The van der Waals surface area contributed by atoms with Gasteiger partial charge in [-0.15, -0.1) is 0 Å². The van der Waals surface area contributed by atoms with Gasteiger partial charge in [-0.05, 0) is 55.0 Å². The summed E-state index contributed by atoms with van der Waals surface area (Å²) in [6.07, 6.45) is 6.13. The molecule has 1 aliphatic rings. The van der Waals surface area contributed by atoms with Crippen LogP contribution in [0.5, 0.6) is 0 Å². The van der Waals surface area contributed by atoms with Crippen molar-refractivity contribution >= 4 is 10.9 Å². The molecule has 0 N–H and O–H groups in total. The van der Waals surface area contributed by atoms with E-state index in [4.69, 9.17) is 0 Å². The van der Waals surface area contributed by atoms with E-state index in [1.807, 2.05) is 0 Å². The van der Waals surface area contributed by atoms with E-state index in [2.05, 4.69) is 66.2 Å². The van der Waals surface area contributed by atoms with Crippen LogP contribution in [-0.4, -0.2) is 4.57 Å². The van der Waals surface area contributed by atoms with Crippen LogP contribution in [0.4, 0.5) is 0 Å². The molecule has 0 spiro atoms. The first-order valence-electron chi connectivity index (χ1n) is 7.95. The summed E-state index contributed by atoms with van der Waals surface area (Å²) >= 11 is 0. The third-order valence-electron chi connectivity index (χ3n) is 4.94. The molecule has 1 nitrogen and oxygen atoms in total. The van der Waals surface area contributed by atoms with Gasteiger partial charge in [0.25, 0.3) is 0 Å². The second-order valence-corrected chi connectivity index (χ2v) is 6.26. The highest BCUT2D eigenvalue weighted by atomic mass is 15.0. The van der Waals surface area contributed by atoms with E-state index in [1.54, 1.807) is 11.1 Å². The molecule has 0 amide bonds. The Bertz CT molecular complexity index is 781. The standard InChI is InChI=1S/C20H21N/c1-15-6-4-11-20-18(15)12-13-21(20)14-17-9-5-8-16-7-2-3-10-19(16)17/h2-4,6-7,10-13,17H,5,8-9,14H2,1H3. The van der Waals surface area contributed by atoms with Gasteiger partial charge in [0.15, 0.2) is 0 Å². The van der Waals surface area contributed by atoms with Gasteiger partial charge < -0.3 is 4.57 Å². The van der Waals surface area contributed by atoms with Crippen molar-refractivity contribution in [2.24, 2.45) is 0 Å². The fourth-order valence-electron chi connectivity index (χ4n) is 3.82. The molecule has 2 aromatic carbocycles. The molecule has 3 aromatic rings. The molecular weight excluding hydrogens is 254 g/mol. The van der Waals surface area contributed by atoms with Crippen LogP contribution in [0.15, 0.2) is 54.7 Å². The molecule has 0 radical (unpaired) electrons. The maximum absolute atomic E-state index is 2.44. The quantitative estimate of drug-likeness (QED) is 0.615. The molecule has 0 fully saturated rings. The second-order valence-electron chi connectivity index (χ2n) is 6.26. The van der Waals surface area contributed by atoms with E-state index in [0.29, 0.717) is 5.92 Å². The summed E-state index contributed by atoms with van der Waals surface area (Å²) < 4.78 is 2.44. The summed E-state index contributed by atoms with van der Waals surface area (Å²) in [5.41, 5.74) is 5.87. The van der Waals surface area contributed by atoms with E-state index in [-0.39, 0.29) is 0 Å². The molecule has 0 saturated carbocycles. The third kappa shape index (κ3) is 2.17. The van der Waals surface area contributed by atoms with Gasteiger partial charge in [-0.25, -0.2) is 0 Å². The van der Waals surface area contributed by atoms with Crippen molar-refractivity contribution in [1.29, 1.82) is 0 Å². The molecule has 1 heteroatoms. The Hall–Kier alpha value is -2.02. The highest BCUT2D eigenvalue weighted by Crippen LogP contribution is 2.33. The molecule has 1 atom stereocenters. The monoisotopic (exact) mass is 275 g/mol. The predicted molar refractivity (Wildman–Crippen MR) is 88.8 cm³/mol. The average Bonchev–Trinajstić information content (AvgIpc) is 2.92. The number of aromatic nitrogens is 1. The lowest BCUT2D eigenvalue weighted by atomic mass is 9.83. The topological polar surface area (TPSA) is 4.93 Å². The number of aryl methyl sites for hydroxylation is 2. The lowest BCUT2D eigenvalue weighted by molar-refractivity contribution is 0.490. The summed E-state index contributed by atoms with van der Waals surface area (Å²) in [5, 5.41) is 1.39. The highest BCUT2D eigenvalue weighted by molar-refractivity contribution is 5.83. The lowest BCUT2D eigenvalue weighted by Crippen LogP contribution is -2.15. The smallest absolute Gasteiger partial charge is 0.0483 e. The van der Waals surface area contributed by atoms with Crippen LogP contribution in [0.2, 0.25) is 0 Å². The molecule has 1 aliphatic carbocycles. The van der Waals surface area contributed by atoms with Crippen molar-refractivity contribution in [3.05, 3.63) is 71.4 Å². The fraction of sp³-hybridized carbons (Fsp3) is 0.300. The summed E-state index contributed by atoms with van der Waals surface area (Å²) in [6.45, 7) is 3.30. The van der Waals surface area contributed by atoms with Crippen molar-refractivity contribution < 1.29 is 0 Å². The molecule has 21 heavy (non-hydrogen) atoms. The Morgan fingerprint density at radius 3 is 2.90 bits per heavy atom. The summed E-state index contributed by atoms with van der Waals surface area (Å²) in [7, 11) is 0. The first kappa shape index (κ1) is 12.7. The summed E-state index contributed by atoms with van der Waals surface area (Å²) in [4.78, 5) is 0. The zero-order valence-electron chi connectivity index (χ0n) is 12.5. The van der Waals surface area contributed by atoms with E-state index in [1.165, 1.54) is 35.7 Å². The van der Waals surface area contributed by atoms with Gasteiger partial charge in [0.05, 0.1) is 0 Å². The normalized spacial score (nSPS) is 17.9. The van der Waals surface area contributed by atoms with Crippen LogP contribution in [0, 0.1) is 6.92 Å². The zero-order chi connectivity index (χ0) is 14.2. The Kier molecular flexibility index (Phi) is 3.07. The van der Waals surface area contributed by atoms with E-state index >= 15 is 0 Å². The minimum absolute atomic E-state index is 0.658. The van der Waals surface area contributed by atoms with Crippen LogP contribution in [0.3, 0.4) is 0 Å². The maximum atomic E-state index is 2.44. The van der Waals surface area contributed by atoms with Gasteiger partial charge in [-0.2, -0.15) is 0 Å². The lowest BCUT2D eigenvalue weighted by Gasteiger charge is -2.26. The Labute approximate surface area is 126 Å². The number of hydrogen-bond acceptors (Lipinski definition) is 0. The molecule has 1 heterocycles. The van der Waals surface area contributed by atoms with Crippen molar-refractivity contribution in [2.75, 3.05) is 0 Å². The molecule has 1 unspecified atom stereocenters. The Balaban J connectivity index is 1.71. The van der Waals surface area contributed by atoms with Gasteiger partial charge in [0, 0.05) is 29.6 Å². The predicted octanol–water partition coefficient (Wildman–Crippen LogP) is 5.07. The van der Waals surface area contributed by atoms with Gasteiger partial charge in [-0.3, -0.25) is 0 Å². The molecule has 0 aliphatic heterocycles. The maximum Gasteiger partial charge on any atom is 0.0483 e. The van der Waals surface area contributed by atoms with E-state index < -0.39 is 0 Å². The van der Waals surface area contributed by atoms with Crippen molar-refractivity contribution in [3.63, 3.8) is 0 Å². The molecule has 0 bridgehead atoms. The molecular formula is C20H21N. The van der Waals surface area contributed by atoms with Crippen LogP contribution in [0.1, 0.15) is 35.4 Å². The van der Waals surface area contributed by atoms with Crippen molar-refractivity contribution in [2.45, 2.75) is 38.6 Å². The van der Waals surface area contributed by atoms with Crippen LogP contribution in [-0.2, 0) is 13.0 Å². The minimum Gasteiger partial charge on any atom is -0.347 e. The minimum atomic E-state index is 0.658. The van der Waals surface area contributed by atoms with Crippen molar-refractivity contribution in [1.82, 2.24) is 4.57 Å². The van der Waals surface area contributed by atoms with Gasteiger partial charge >= 0.3 is 0 Å². The Morgan fingerprint density at radius 2 is 1.95 bits per heavy atom. The van der Waals surface area contributed by atoms with Gasteiger partial charge in [0.2, 0.25) is 0 Å². The molecule has 1 aromatic heterocycles. The SMILES string of the molecule is Cc1cccc2c1ccn2CC1CCCc2ccccc21. The second kappa shape index (κ2) is 5.07. The summed E-state index contributed by atoms with van der Waals surface area (Å²) in [6, 6.07) is 17.9. The third-order valence-corrected chi connectivity index (χ3v) is 4.94. The summed E-state index contributed by atoms with van der Waals surface area (Å²) in [5.74, 6) is 0.658. The fourth-order valence-corrected chi connectivity index (χ4v) is 3.82. The van der Waals surface area contributed by atoms with Crippen LogP contribution < -0.4 is 0 Å². The van der Waals surface area contributed by atoms with Crippen LogP contribution in [0.25, 0.3) is 10.9 Å². The van der Waals surface area contributed by atoms with Crippen LogP contribution >= 0.6 is 0 Å². The molecule has 4 rings (SSSR count). The number of rotatable bonds is 2. The van der Waals surface area contributed by atoms with Gasteiger partial charge in [0.1, 0.15) is 0 Å². The number of benzene rings is 2. The first-order chi connectivity index (χ1) is 10.3. The Morgan fingerprint density at radius 1 is 1.05 bits per heavy atom. The zero-order valence-corrected chi connectivity index (χ0v) is 12.5. The molecule has 106 valence electrons. The number of fused-ring (bicyclic) bond motifs is 2. The number of nitrogens with zero attached hydrogens (tertiary/aromatic N) is 1. The van der Waals surface area contributed by atoms with Gasteiger partial charge in [-0.1, -0.05) is 36.4 Å². The number of hydrogen-bond donors (Lipinski definition) is 0. The van der Waals surface area contributed by atoms with Crippen molar-refractivity contribution in [3.8, 4) is 0 Å². The first-order valence-corrected chi connectivity index (χ1v) is 7.95. The van der Waals surface area contributed by atoms with E-state index in [9.17, 15) is 0 Å². The van der Waals surface area contributed by atoms with E-state index in [0.717, 1.165) is 6.54 Å².